The van der Waals surface area contributed by atoms with Crippen LogP contribution in [-0.2, 0) is 38.6 Å². The molecular weight excluding hydrogens is 688 g/mol. The van der Waals surface area contributed by atoms with Gasteiger partial charge in [0.25, 0.3) is 0 Å². The van der Waals surface area contributed by atoms with Gasteiger partial charge in [0.05, 0.1) is 37.5 Å². The summed E-state index contributed by atoms with van der Waals surface area (Å²) in [7, 11) is 0. The Bertz CT molecular complexity index is 1820. The molecule has 0 fully saturated rings. The molecule has 0 aliphatic carbocycles. The van der Waals surface area contributed by atoms with Crippen molar-refractivity contribution in [1.82, 2.24) is 31.2 Å². The summed E-state index contributed by atoms with van der Waals surface area (Å²) in [6, 6.07) is 18.1. The fourth-order valence-electron chi connectivity index (χ4n) is 6.21. The van der Waals surface area contributed by atoms with E-state index in [4.69, 9.17) is 6.15 Å². The number of nitrogens with zero attached hydrogens (tertiary/aromatic N) is 1. The number of hydrogen-bond donors (Lipinski definition) is 7. The highest BCUT2D eigenvalue weighted by Crippen LogP contribution is 2.20. The number of amides is 4. The van der Waals surface area contributed by atoms with Crippen molar-refractivity contribution < 1.29 is 35.5 Å². The quantitative estimate of drug-likeness (QED) is 0.0708. The van der Waals surface area contributed by atoms with Crippen LogP contribution in [0.2, 0.25) is 1.41 Å². The molecule has 4 aromatic rings. The summed E-state index contributed by atoms with van der Waals surface area (Å²) >= 11 is 0. The molecule has 4 rings (SSSR count). The lowest BCUT2D eigenvalue weighted by atomic mass is 9.95. The zero-order chi connectivity index (χ0) is 39.9. The number of fused-ring (bicyclic) bond motifs is 1. The van der Waals surface area contributed by atoms with E-state index in [1.54, 1.807) is 24.3 Å². The molecule has 1 heterocycles. The van der Waals surface area contributed by atoms with Gasteiger partial charge in [0.15, 0.2) is 1.41 Å². The summed E-state index contributed by atoms with van der Waals surface area (Å²) in [5.74, 6) is -1.87. The minimum absolute atomic E-state index is 0.0119. The molecule has 0 saturated heterocycles. The predicted octanol–water partition coefficient (Wildman–Crippen LogP) is 3.93. The van der Waals surface area contributed by atoms with Crippen LogP contribution in [0.3, 0.4) is 0 Å². The zero-order valence-corrected chi connectivity index (χ0v) is 31.4. The van der Waals surface area contributed by atoms with Crippen molar-refractivity contribution in [2.75, 3.05) is 6.61 Å². The van der Waals surface area contributed by atoms with Crippen molar-refractivity contribution in [1.29, 1.82) is 0 Å². The lowest BCUT2D eigenvalue weighted by Crippen LogP contribution is -2.57. The van der Waals surface area contributed by atoms with E-state index < -0.39 is 54.1 Å². The number of H-pyrrole nitrogens is 1. The van der Waals surface area contributed by atoms with Crippen LogP contribution >= 0.6 is 0 Å². The number of aromatic amines is 1. The number of aromatic nitrogens is 2. The lowest BCUT2D eigenvalue weighted by molar-refractivity contribution is -0.131. The number of benzene rings is 3. The van der Waals surface area contributed by atoms with Gasteiger partial charge in [-0.25, -0.2) is 9.78 Å². The summed E-state index contributed by atoms with van der Waals surface area (Å²) in [6.07, 6.45) is 1.24. The summed E-state index contributed by atoms with van der Waals surface area (Å²) in [4.78, 5) is 61.6. The monoisotopic (exact) mass is 743 g/mol. The topological polar surface area (TPSA) is 195 Å². The summed E-state index contributed by atoms with van der Waals surface area (Å²) < 4.78 is 14.3. The van der Waals surface area contributed by atoms with Gasteiger partial charge < -0.3 is 41.2 Å². The van der Waals surface area contributed by atoms with Crippen LogP contribution in [-0.4, -0.2) is 80.9 Å². The Kier molecular flexibility index (Phi) is 15.4. The molecule has 54 heavy (non-hydrogen) atoms. The molecule has 0 saturated carbocycles. The van der Waals surface area contributed by atoms with Gasteiger partial charge in [0.1, 0.15) is 18.7 Å². The summed E-state index contributed by atoms with van der Waals surface area (Å²) in [5, 5.41) is 31.7. The van der Waals surface area contributed by atoms with Gasteiger partial charge in [-0.3, -0.25) is 14.4 Å². The second-order valence-corrected chi connectivity index (χ2v) is 14.1. The maximum absolute atomic E-state index is 14.3. The fraction of sp³-hybridized carbons (Fsp3) is 0.439. The first kappa shape index (κ1) is 39.9. The van der Waals surface area contributed by atoms with Crippen LogP contribution in [0.1, 0.15) is 63.8 Å². The van der Waals surface area contributed by atoms with Gasteiger partial charge in [-0.2, -0.15) is 0 Å². The Labute approximate surface area is 318 Å². The van der Waals surface area contributed by atoms with Crippen molar-refractivity contribution >= 4 is 34.6 Å². The first-order valence-electron chi connectivity index (χ1n) is 19.0. The molecule has 0 radical (unpaired) electrons. The second kappa shape index (κ2) is 20.8. The van der Waals surface area contributed by atoms with Gasteiger partial charge in [0.2, 0.25) is 17.7 Å². The van der Waals surface area contributed by atoms with Crippen LogP contribution < -0.4 is 21.3 Å². The molecule has 7 N–H and O–H groups in total. The van der Waals surface area contributed by atoms with Crippen LogP contribution in [0.25, 0.3) is 10.8 Å². The van der Waals surface area contributed by atoms with Crippen molar-refractivity contribution in [2.45, 2.75) is 96.7 Å². The number of carbonyl (C=O) groups excluding carboxylic acids is 4. The Morgan fingerprint density at radius 1 is 0.870 bits per heavy atom. The second-order valence-electron chi connectivity index (χ2n) is 14.1. The molecule has 290 valence electrons. The molecular formula is C41H54N6O7. The Morgan fingerprint density at radius 2 is 1.57 bits per heavy atom. The molecule has 0 bridgehead atoms. The maximum Gasteiger partial charge on any atom is 0.408 e. The molecule has 0 aliphatic heterocycles. The Hall–Kier alpha value is -5.27. The van der Waals surface area contributed by atoms with E-state index in [-0.39, 0.29) is 44.3 Å². The van der Waals surface area contributed by atoms with E-state index in [2.05, 4.69) is 25.9 Å². The predicted molar refractivity (Wildman–Crippen MR) is 206 cm³/mol. The average molecular weight is 744 g/mol. The normalized spacial score (nSPS) is 14.9. The van der Waals surface area contributed by atoms with Crippen molar-refractivity contribution in [2.24, 2.45) is 11.8 Å². The molecule has 0 aliphatic rings. The number of alkyl carbamates (subject to hydrolysis) is 1. The van der Waals surface area contributed by atoms with E-state index in [0.29, 0.717) is 28.6 Å². The minimum Gasteiger partial charge on any atom is -0.445 e. The number of aliphatic hydroxyl groups is 2. The number of ether oxygens (including phenoxy) is 1. The Morgan fingerprint density at radius 3 is 2.26 bits per heavy atom. The summed E-state index contributed by atoms with van der Waals surface area (Å²) in [6.45, 7) is 7.33. The number of aliphatic hydroxyl groups excluding tert-OH is 2. The lowest BCUT2D eigenvalue weighted by Gasteiger charge is -2.29. The van der Waals surface area contributed by atoms with Crippen molar-refractivity contribution in [3.05, 3.63) is 102 Å². The molecule has 0 unspecified atom stereocenters. The molecule has 4 amide bonds. The number of nitrogens with one attached hydrogen (secondary N) is 5. The van der Waals surface area contributed by atoms with Crippen LogP contribution in [0.15, 0.2) is 85.3 Å². The first-order valence-corrected chi connectivity index (χ1v) is 18.5. The number of hydrogen-bond acceptors (Lipinski definition) is 8. The highest BCUT2D eigenvalue weighted by atomic mass is 16.5. The van der Waals surface area contributed by atoms with Crippen LogP contribution in [0.4, 0.5) is 4.79 Å². The van der Waals surface area contributed by atoms with Gasteiger partial charge in [-0.15, -0.1) is 0 Å². The molecule has 13 nitrogen and oxygen atoms in total. The van der Waals surface area contributed by atoms with Gasteiger partial charge in [-0.1, -0.05) is 107 Å². The third kappa shape index (κ3) is 12.7. The van der Waals surface area contributed by atoms with Gasteiger partial charge in [0, 0.05) is 24.7 Å². The van der Waals surface area contributed by atoms with E-state index in [9.17, 15) is 29.4 Å². The molecule has 6 atom stereocenters. The molecule has 3 aromatic carbocycles. The van der Waals surface area contributed by atoms with Gasteiger partial charge in [-0.05, 0) is 40.2 Å². The zero-order valence-electron chi connectivity index (χ0n) is 32.4. The number of imidazole rings is 1. The SMILES string of the molecule is [2H]N(C(=O)OCc1ccccc1)[C@@H](Cc1cccc2ccccc12)C(=O)N[C@@H](Cc1cnc[nH]1)C(=O)N[C@@H](CC(C)C)[C@@H](O)CC(=O)N[C@H](CO)[C@@H](C)CC. The molecule has 13 heteroatoms. The van der Waals surface area contributed by atoms with Gasteiger partial charge >= 0.3 is 6.09 Å². The van der Waals surface area contributed by atoms with Crippen molar-refractivity contribution in [3.8, 4) is 0 Å². The first-order chi connectivity index (χ1) is 26.4. The Balaban J connectivity index is 1.58. The smallest absolute Gasteiger partial charge is 0.408 e. The van der Waals surface area contributed by atoms with E-state index >= 15 is 0 Å². The largest absolute Gasteiger partial charge is 0.445 e. The van der Waals surface area contributed by atoms with E-state index in [1.807, 2.05) is 76.2 Å². The maximum atomic E-state index is 14.3. The molecule has 1 aromatic heterocycles. The van der Waals surface area contributed by atoms with E-state index in [1.165, 1.54) is 12.5 Å². The van der Waals surface area contributed by atoms with E-state index in [0.717, 1.165) is 17.2 Å². The number of carbonyl (C=O) groups is 4. The third-order valence-corrected chi connectivity index (χ3v) is 9.46. The highest BCUT2D eigenvalue weighted by molar-refractivity contribution is 5.93. The van der Waals surface area contributed by atoms with Crippen LogP contribution in [0.5, 0.6) is 0 Å². The highest BCUT2D eigenvalue weighted by Gasteiger charge is 2.32. The number of rotatable bonds is 20. The standard InChI is InChI=1S/C41H54N6O7/c1-5-27(4)36(23-48)44-38(50)21-37(49)33(18-26(2)3)45-40(52)35(20-31-22-42-25-43-31)46-39(51)34(47-41(53)54-24-28-12-7-6-8-13-28)19-30-16-11-15-29-14-9-10-17-32(29)30/h6-17,22,25-27,33-37,48-49H,5,18-21,23-24H2,1-4H3,(H,42,43)(H,44,50)(H,45,52)(H,46,51)(H,47,53)/t27-,33-,34-,35-,36+,37-/m0/s1/i/hD. The third-order valence-electron chi connectivity index (χ3n) is 9.46. The van der Waals surface area contributed by atoms with Crippen molar-refractivity contribution in [3.63, 3.8) is 0 Å². The van der Waals surface area contributed by atoms with Crippen LogP contribution in [0, 0.1) is 11.8 Å². The minimum atomic E-state index is -1.42. The molecule has 0 spiro atoms. The fourth-order valence-corrected chi connectivity index (χ4v) is 6.21. The average Bonchev–Trinajstić information content (AvgIpc) is 3.70. The summed E-state index contributed by atoms with van der Waals surface area (Å²) in [5.41, 5.74) is 1.93.